The molecule has 1 N–H and O–H groups in total. The van der Waals surface area contributed by atoms with Crippen molar-refractivity contribution in [1.29, 1.82) is 0 Å². The molecule has 27 heavy (non-hydrogen) atoms. The van der Waals surface area contributed by atoms with E-state index in [0.717, 1.165) is 35.7 Å². The number of hydrogen-bond donors (Lipinski definition) is 1. The number of nitrogens with zero attached hydrogens (tertiary/aromatic N) is 2. The zero-order valence-corrected chi connectivity index (χ0v) is 14.9. The summed E-state index contributed by atoms with van der Waals surface area (Å²) in [5.74, 6) is 0. The van der Waals surface area contributed by atoms with Gasteiger partial charge in [-0.3, -0.25) is 10.2 Å². The van der Waals surface area contributed by atoms with Crippen molar-refractivity contribution in [2.75, 3.05) is 5.43 Å². The second-order valence-electron chi connectivity index (χ2n) is 6.11. The van der Waals surface area contributed by atoms with Crippen LogP contribution < -0.4 is 11.0 Å². The molecule has 1 heterocycles. The number of hydrogen-bond acceptors (Lipinski definition) is 2. The molecule has 0 amide bonds. The largest absolute Gasteiger partial charge is 0.407 e. The van der Waals surface area contributed by atoms with Crippen LogP contribution in [0.15, 0.2) is 46.9 Å². The van der Waals surface area contributed by atoms with Gasteiger partial charge in [-0.15, -0.1) is 0 Å². The van der Waals surface area contributed by atoms with E-state index in [0.29, 0.717) is 6.42 Å². The summed E-state index contributed by atoms with van der Waals surface area (Å²) in [5, 5.41) is 0.203. The Morgan fingerprint density at radius 1 is 1.22 bits per heavy atom. The molecule has 2 aromatic rings. The summed E-state index contributed by atoms with van der Waals surface area (Å²) in [5.41, 5.74) is 0.548. The summed E-state index contributed by atoms with van der Waals surface area (Å²) in [6.45, 7) is 7.08. The standard InChI is InChI=1S/C19H15ClF3N3O/c1-24-17-14(19(21,22)23)11-16(13-9-5-6-10-15(13)20)26(18(17)27)25-12-7-3-2-4-8-12/h5-7,9-11,25H,2-4,8H2. The van der Waals surface area contributed by atoms with Gasteiger partial charge in [0.15, 0.2) is 0 Å². The molecule has 1 aliphatic carbocycles. The van der Waals surface area contributed by atoms with Gasteiger partial charge in [0.05, 0.1) is 17.8 Å². The van der Waals surface area contributed by atoms with Gasteiger partial charge in [-0.05, 0) is 37.8 Å². The van der Waals surface area contributed by atoms with E-state index in [1.165, 1.54) is 12.1 Å². The molecule has 0 atom stereocenters. The van der Waals surface area contributed by atoms with E-state index in [1.807, 2.05) is 6.08 Å². The quantitative estimate of drug-likeness (QED) is 0.675. The highest BCUT2D eigenvalue weighted by molar-refractivity contribution is 6.33. The second-order valence-corrected chi connectivity index (χ2v) is 6.52. The molecule has 0 spiro atoms. The first kappa shape index (κ1) is 19.1. The molecule has 0 radical (unpaired) electrons. The number of alkyl halides is 3. The maximum atomic E-state index is 13.4. The van der Waals surface area contributed by atoms with E-state index < -0.39 is 23.0 Å². The van der Waals surface area contributed by atoms with Gasteiger partial charge in [-0.1, -0.05) is 35.9 Å². The van der Waals surface area contributed by atoms with Crippen molar-refractivity contribution in [2.45, 2.75) is 31.9 Å². The summed E-state index contributed by atoms with van der Waals surface area (Å²) in [6, 6.07) is 7.12. The maximum Gasteiger partial charge on any atom is 0.407 e. The number of halogens is 4. The van der Waals surface area contributed by atoms with Crippen LogP contribution in [0.1, 0.15) is 31.2 Å². The van der Waals surface area contributed by atoms with Crippen LogP contribution in [0, 0.1) is 6.57 Å². The first-order valence-corrected chi connectivity index (χ1v) is 8.66. The van der Waals surface area contributed by atoms with E-state index in [2.05, 4.69) is 10.3 Å². The summed E-state index contributed by atoms with van der Waals surface area (Å²) in [6.07, 6.45) is 0.473. The van der Waals surface area contributed by atoms with Crippen molar-refractivity contribution < 1.29 is 13.2 Å². The molecule has 0 saturated heterocycles. The summed E-state index contributed by atoms with van der Waals surface area (Å²) >= 11 is 6.17. The van der Waals surface area contributed by atoms with Crippen LogP contribution in [0.25, 0.3) is 16.1 Å². The molecule has 3 rings (SSSR count). The Morgan fingerprint density at radius 2 is 1.96 bits per heavy atom. The minimum Gasteiger partial charge on any atom is -0.297 e. The van der Waals surface area contributed by atoms with Crippen LogP contribution in [0.2, 0.25) is 5.02 Å². The Kier molecular flexibility index (Phi) is 5.29. The fourth-order valence-corrected chi connectivity index (χ4v) is 3.22. The molecule has 1 aromatic heterocycles. The molecule has 1 aromatic carbocycles. The van der Waals surface area contributed by atoms with E-state index in [4.69, 9.17) is 18.2 Å². The van der Waals surface area contributed by atoms with Crippen LogP contribution in [-0.2, 0) is 6.18 Å². The van der Waals surface area contributed by atoms with E-state index in [9.17, 15) is 18.0 Å². The highest BCUT2D eigenvalue weighted by Gasteiger charge is 2.36. The third-order valence-electron chi connectivity index (χ3n) is 4.30. The molecule has 0 unspecified atom stereocenters. The molecule has 0 fully saturated rings. The van der Waals surface area contributed by atoms with Gasteiger partial charge >= 0.3 is 6.18 Å². The van der Waals surface area contributed by atoms with Gasteiger partial charge in [0.25, 0.3) is 11.2 Å². The van der Waals surface area contributed by atoms with Gasteiger partial charge in [0.1, 0.15) is 0 Å². The van der Waals surface area contributed by atoms with Crippen molar-refractivity contribution in [1.82, 2.24) is 4.68 Å². The third kappa shape index (κ3) is 3.86. The first-order chi connectivity index (χ1) is 12.8. The van der Waals surface area contributed by atoms with Crippen molar-refractivity contribution in [3.63, 3.8) is 0 Å². The molecule has 4 nitrogen and oxygen atoms in total. The number of allylic oxidation sites excluding steroid dienone is 2. The molecule has 1 aliphatic rings. The molecule has 8 heteroatoms. The second kappa shape index (κ2) is 7.49. The Morgan fingerprint density at radius 3 is 2.56 bits per heavy atom. The molecular weight excluding hydrogens is 379 g/mol. The van der Waals surface area contributed by atoms with Crippen molar-refractivity contribution in [3.05, 3.63) is 74.5 Å². The number of benzene rings is 1. The fraction of sp³-hybridized carbons (Fsp3) is 0.263. The van der Waals surface area contributed by atoms with Gasteiger partial charge in [0.2, 0.25) is 0 Å². The van der Waals surface area contributed by atoms with Crippen molar-refractivity contribution >= 4 is 17.3 Å². The van der Waals surface area contributed by atoms with Gasteiger partial charge in [0, 0.05) is 16.3 Å². The Labute approximate surface area is 158 Å². The average Bonchev–Trinajstić information content (AvgIpc) is 2.63. The molecule has 0 aliphatic heterocycles. The lowest BCUT2D eigenvalue weighted by molar-refractivity contribution is -0.136. The van der Waals surface area contributed by atoms with Crippen LogP contribution in [0.3, 0.4) is 0 Å². The van der Waals surface area contributed by atoms with E-state index in [-0.39, 0.29) is 16.3 Å². The molecule has 0 saturated carbocycles. The van der Waals surface area contributed by atoms with E-state index >= 15 is 0 Å². The lowest BCUT2D eigenvalue weighted by Gasteiger charge is -2.22. The average molecular weight is 394 g/mol. The number of nitrogens with one attached hydrogen (secondary N) is 1. The van der Waals surface area contributed by atoms with E-state index in [1.54, 1.807) is 12.1 Å². The Hall–Kier alpha value is -2.72. The first-order valence-electron chi connectivity index (χ1n) is 8.28. The highest BCUT2D eigenvalue weighted by atomic mass is 35.5. The predicted octanol–water partition coefficient (Wildman–Crippen LogP) is 5.74. The SMILES string of the molecule is [C-]#[N+]c1c(C(F)(F)F)cc(-c2ccccc2Cl)n(NC2=CCCCC2)c1=O. The minimum absolute atomic E-state index is 0.0446. The number of rotatable bonds is 3. The predicted molar refractivity (Wildman–Crippen MR) is 98.3 cm³/mol. The summed E-state index contributed by atoms with van der Waals surface area (Å²) < 4.78 is 41.3. The summed E-state index contributed by atoms with van der Waals surface area (Å²) in [4.78, 5) is 15.6. The van der Waals surface area contributed by atoms with Crippen LogP contribution in [-0.4, -0.2) is 4.68 Å². The van der Waals surface area contributed by atoms with Crippen molar-refractivity contribution in [3.8, 4) is 11.3 Å². The van der Waals surface area contributed by atoms with Crippen LogP contribution in [0.5, 0.6) is 0 Å². The third-order valence-corrected chi connectivity index (χ3v) is 4.63. The number of pyridine rings is 1. The van der Waals surface area contributed by atoms with Crippen LogP contribution >= 0.6 is 11.6 Å². The molecular formula is C19H15ClF3N3O. The fourth-order valence-electron chi connectivity index (χ4n) is 2.99. The maximum absolute atomic E-state index is 13.4. The number of aromatic nitrogens is 1. The Bertz CT molecular complexity index is 1000. The normalized spacial score (nSPS) is 14.4. The minimum atomic E-state index is -4.84. The lowest BCUT2D eigenvalue weighted by atomic mass is 10.0. The smallest absolute Gasteiger partial charge is 0.297 e. The Balaban J connectivity index is 2.30. The molecule has 140 valence electrons. The van der Waals surface area contributed by atoms with Gasteiger partial charge < -0.3 is 0 Å². The monoisotopic (exact) mass is 393 g/mol. The lowest BCUT2D eigenvalue weighted by Crippen LogP contribution is -2.32. The van der Waals surface area contributed by atoms with Gasteiger partial charge in [-0.25, -0.2) is 9.52 Å². The molecule has 0 bridgehead atoms. The van der Waals surface area contributed by atoms with Crippen LogP contribution in [0.4, 0.5) is 18.9 Å². The highest BCUT2D eigenvalue weighted by Crippen LogP contribution is 2.38. The van der Waals surface area contributed by atoms with Crippen molar-refractivity contribution in [2.24, 2.45) is 0 Å². The zero-order chi connectivity index (χ0) is 19.6. The zero-order valence-electron chi connectivity index (χ0n) is 14.1. The van der Waals surface area contributed by atoms with Gasteiger partial charge in [-0.2, -0.15) is 13.2 Å². The topological polar surface area (TPSA) is 38.4 Å². The summed E-state index contributed by atoms with van der Waals surface area (Å²) in [7, 11) is 0.